The van der Waals surface area contributed by atoms with E-state index in [4.69, 9.17) is 18.0 Å². The third kappa shape index (κ3) is 5.13. The van der Waals surface area contributed by atoms with Crippen LogP contribution in [-0.2, 0) is 13.3 Å². The van der Waals surface area contributed by atoms with Gasteiger partial charge in [0.05, 0.1) is 7.11 Å². The number of benzene rings is 1. The van der Waals surface area contributed by atoms with Gasteiger partial charge in [0, 0.05) is 39.5 Å². The van der Waals surface area contributed by atoms with E-state index in [-0.39, 0.29) is 5.91 Å². The second-order valence-corrected chi connectivity index (χ2v) is 7.47. The summed E-state index contributed by atoms with van der Waals surface area (Å²) >= 11 is 0. The second kappa shape index (κ2) is 8.78. The lowest BCUT2D eigenvalue weighted by Crippen LogP contribution is -2.43. The lowest BCUT2D eigenvalue weighted by molar-refractivity contribution is 0.0949. The molecule has 118 valence electrons. The van der Waals surface area contributed by atoms with Crippen LogP contribution in [0.2, 0.25) is 6.04 Å². The smallest absolute Gasteiger partial charge is 0.497 e. The monoisotopic (exact) mass is 313 g/mol. The van der Waals surface area contributed by atoms with Gasteiger partial charge in [-0.2, -0.15) is 0 Å². The highest BCUT2D eigenvalue weighted by Crippen LogP contribution is 2.14. The molecule has 1 rings (SSSR count). The van der Waals surface area contributed by atoms with Crippen LogP contribution < -0.4 is 10.1 Å². The summed E-state index contributed by atoms with van der Waals surface area (Å²) in [4.78, 5) is 11.9. The van der Waals surface area contributed by atoms with Gasteiger partial charge in [0.2, 0.25) is 0 Å². The Balaban J connectivity index is 2.39. The van der Waals surface area contributed by atoms with Gasteiger partial charge < -0.3 is 23.3 Å². The summed E-state index contributed by atoms with van der Waals surface area (Å²) in [5.41, 5.74) is 0.601. The highest BCUT2D eigenvalue weighted by molar-refractivity contribution is 6.60. The quantitative estimate of drug-likeness (QED) is 0.555. The van der Waals surface area contributed by atoms with Crippen molar-refractivity contribution in [3.05, 3.63) is 29.8 Å². The molecular formula is C14H23NO5Si. The van der Waals surface area contributed by atoms with E-state index in [0.717, 1.165) is 12.2 Å². The fraction of sp³-hybridized carbons (Fsp3) is 0.500. The minimum Gasteiger partial charge on any atom is -0.497 e. The molecule has 1 N–H and O–H groups in total. The van der Waals surface area contributed by atoms with Crippen LogP contribution in [0.4, 0.5) is 0 Å². The van der Waals surface area contributed by atoms with Crippen molar-refractivity contribution >= 4 is 14.7 Å². The van der Waals surface area contributed by atoms with E-state index in [9.17, 15) is 4.79 Å². The number of carbonyl (C=O) groups is 1. The van der Waals surface area contributed by atoms with E-state index in [2.05, 4.69) is 5.32 Å². The van der Waals surface area contributed by atoms with Crippen molar-refractivity contribution in [3.8, 4) is 5.75 Å². The third-order valence-corrected chi connectivity index (χ3v) is 6.06. The molecule has 0 radical (unpaired) electrons. The molecule has 1 amide bonds. The van der Waals surface area contributed by atoms with Gasteiger partial charge in [-0.3, -0.25) is 4.79 Å². The summed E-state index contributed by atoms with van der Waals surface area (Å²) in [6.45, 7) is 0.537. The molecular weight excluding hydrogens is 290 g/mol. The van der Waals surface area contributed by atoms with Gasteiger partial charge in [-0.15, -0.1) is 0 Å². The Bertz CT molecular complexity index is 425. The molecule has 21 heavy (non-hydrogen) atoms. The molecule has 0 heterocycles. The zero-order valence-corrected chi connectivity index (χ0v) is 14.0. The molecule has 0 aliphatic rings. The number of amides is 1. The van der Waals surface area contributed by atoms with E-state index in [1.807, 2.05) is 0 Å². The lowest BCUT2D eigenvalue weighted by atomic mass is 10.2. The lowest BCUT2D eigenvalue weighted by Gasteiger charge is -2.24. The summed E-state index contributed by atoms with van der Waals surface area (Å²) in [6, 6.07) is 7.62. The SMILES string of the molecule is COc1ccc(C(=O)NCCC[Si](OC)(OC)OC)cc1. The topological polar surface area (TPSA) is 66.0 Å². The zero-order chi connectivity index (χ0) is 15.7. The number of carbonyl (C=O) groups excluding carboxylic acids is 1. The van der Waals surface area contributed by atoms with Crippen LogP contribution in [0.15, 0.2) is 24.3 Å². The van der Waals surface area contributed by atoms with Crippen LogP contribution in [0.5, 0.6) is 5.75 Å². The number of hydrogen-bond donors (Lipinski definition) is 1. The number of methoxy groups -OCH3 is 1. The normalized spacial score (nSPS) is 11.2. The molecule has 0 aromatic heterocycles. The molecule has 0 bridgehead atoms. The Hall–Kier alpha value is -1.41. The fourth-order valence-corrected chi connectivity index (χ4v) is 3.63. The van der Waals surface area contributed by atoms with Gasteiger partial charge in [0.1, 0.15) is 5.75 Å². The molecule has 0 spiro atoms. The highest BCUT2D eigenvalue weighted by atomic mass is 28.4. The maximum Gasteiger partial charge on any atom is 0.500 e. The first-order chi connectivity index (χ1) is 10.1. The van der Waals surface area contributed by atoms with E-state index in [1.165, 1.54) is 0 Å². The van der Waals surface area contributed by atoms with Crippen LogP contribution in [0, 0.1) is 0 Å². The summed E-state index contributed by atoms with van der Waals surface area (Å²) in [6.07, 6.45) is 0.726. The summed E-state index contributed by atoms with van der Waals surface area (Å²) < 4.78 is 21.0. The average Bonchev–Trinajstić information content (AvgIpc) is 2.55. The van der Waals surface area contributed by atoms with Crippen molar-refractivity contribution in [2.45, 2.75) is 12.5 Å². The van der Waals surface area contributed by atoms with Crippen molar-refractivity contribution in [1.82, 2.24) is 5.32 Å². The van der Waals surface area contributed by atoms with Crippen LogP contribution >= 0.6 is 0 Å². The van der Waals surface area contributed by atoms with Gasteiger partial charge in [0.15, 0.2) is 0 Å². The Labute approximate surface area is 126 Å². The molecule has 7 heteroatoms. The van der Waals surface area contributed by atoms with Crippen LogP contribution in [-0.4, -0.2) is 49.7 Å². The third-order valence-electron chi connectivity index (χ3n) is 3.23. The molecule has 0 aliphatic heterocycles. The number of nitrogens with one attached hydrogen (secondary N) is 1. The molecule has 0 fully saturated rings. The summed E-state index contributed by atoms with van der Waals surface area (Å²) in [7, 11) is 3.78. The molecule has 6 nitrogen and oxygen atoms in total. The molecule has 0 saturated carbocycles. The van der Waals surface area contributed by atoms with Gasteiger partial charge in [-0.25, -0.2) is 0 Å². The molecule has 0 unspecified atom stereocenters. The van der Waals surface area contributed by atoms with Crippen LogP contribution in [0.3, 0.4) is 0 Å². The summed E-state index contributed by atoms with van der Waals surface area (Å²) in [5.74, 6) is 0.611. The van der Waals surface area contributed by atoms with Crippen molar-refractivity contribution in [3.63, 3.8) is 0 Å². The number of rotatable bonds is 9. The van der Waals surface area contributed by atoms with Crippen LogP contribution in [0.25, 0.3) is 0 Å². The molecule has 1 aromatic carbocycles. The van der Waals surface area contributed by atoms with Gasteiger partial charge in [0.25, 0.3) is 5.91 Å². The zero-order valence-electron chi connectivity index (χ0n) is 13.0. The highest BCUT2D eigenvalue weighted by Gasteiger charge is 2.36. The first-order valence-corrected chi connectivity index (χ1v) is 8.61. The molecule has 0 atom stereocenters. The maximum absolute atomic E-state index is 11.9. The molecule has 0 saturated heterocycles. The predicted octanol–water partition coefficient (Wildman–Crippen LogP) is 1.69. The van der Waals surface area contributed by atoms with E-state index in [0.29, 0.717) is 18.2 Å². The van der Waals surface area contributed by atoms with E-state index >= 15 is 0 Å². The van der Waals surface area contributed by atoms with Crippen LogP contribution in [0.1, 0.15) is 16.8 Å². The van der Waals surface area contributed by atoms with Crippen molar-refractivity contribution in [1.29, 1.82) is 0 Å². The Kier molecular flexibility index (Phi) is 7.38. The van der Waals surface area contributed by atoms with Crippen molar-refractivity contribution in [2.75, 3.05) is 35.0 Å². The first kappa shape index (κ1) is 17.6. The standard InChI is InChI=1S/C14H23NO5Si/c1-17-13-8-6-12(7-9-13)14(16)15-10-5-11-21(18-2,19-3)20-4/h6-9H,5,10-11H2,1-4H3,(H,15,16). The van der Waals surface area contributed by atoms with E-state index < -0.39 is 8.80 Å². The van der Waals surface area contributed by atoms with Gasteiger partial charge in [-0.1, -0.05) is 0 Å². The van der Waals surface area contributed by atoms with Gasteiger partial charge in [-0.05, 0) is 30.7 Å². The van der Waals surface area contributed by atoms with Crippen molar-refractivity contribution < 1.29 is 22.8 Å². The van der Waals surface area contributed by atoms with Crippen molar-refractivity contribution in [2.24, 2.45) is 0 Å². The molecule has 1 aromatic rings. The Morgan fingerprint density at radius 3 is 2.10 bits per heavy atom. The van der Waals surface area contributed by atoms with Gasteiger partial charge >= 0.3 is 8.80 Å². The van der Waals surface area contributed by atoms with E-state index in [1.54, 1.807) is 52.7 Å². The summed E-state index contributed by atoms with van der Waals surface area (Å²) in [5, 5.41) is 2.86. The largest absolute Gasteiger partial charge is 0.500 e. The number of ether oxygens (including phenoxy) is 1. The second-order valence-electron chi connectivity index (χ2n) is 4.38. The predicted molar refractivity (Wildman–Crippen MR) is 81.5 cm³/mol. The Morgan fingerprint density at radius 1 is 1.05 bits per heavy atom. The Morgan fingerprint density at radius 2 is 1.62 bits per heavy atom. The maximum atomic E-state index is 11.9. The fourth-order valence-electron chi connectivity index (χ4n) is 1.91. The number of hydrogen-bond acceptors (Lipinski definition) is 5. The average molecular weight is 313 g/mol. The first-order valence-electron chi connectivity index (χ1n) is 6.68. The minimum absolute atomic E-state index is 0.114. The molecule has 0 aliphatic carbocycles. The minimum atomic E-state index is -2.55.